The number of aryl methyl sites for hydroxylation is 1. The lowest BCUT2D eigenvalue weighted by Gasteiger charge is -2.22. The van der Waals surface area contributed by atoms with E-state index in [-0.39, 0.29) is 24.5 Å². The third-order valence-electron chi connectivity index (χ3n) is 4.90. The number of H-pyrrole nitrogens is 1. The predicted molar refractivity (Wildman–Crippen MR) is 97.6 cm³/mol. The van der Waals surface area contributed by atoms with Crippen molar-refractivity contribution in [3.63, 3.8) is 0 Å². The first kappa shape index (κ1) is 19.1. The van der Waals surface area contributed by atoms with Crippen LogP contribution in [0.25, 0.3) is 0 Å². The highest BCUT2D eigenvalue weighted by molar-refractivity contribution is 6.01. The van der Waals surface area contributed by atoms with Gasteiger partial charge in [-0.25, -0.2) is 4.79 Å². The molecule has 8 nitrogen and oxygen atoms in total. The Morgan fingerprint density at radius 2 is 2.11 bits per heavy atom. The van der Waals surface area contributed by atoms with E-state index >= 15 is 0 Å². The Morgan fingerprint density at radius 3 is 2.74 bits per heavy atom. The lowest BCUT2D eigenvalue weighted by atomic mass is 10.1. The van der Waals surface area contributed by atoms with Gasteiger partial charge in [-0.1, -0.05) is 19.0 Å². The monoisotopic (exact) mass is 374 g/mol. The van der Waals surface area contributed by atoms with Gasteiger partial charge in [0.2, 0.25) is 5.89 Å². The van der Waals surface area contributed by atoms with Crippen molar-refractivity contribution in [2.45, 2.75) is 59.4 Å². The van der Waals surface area contributed by atoms with Crippen LogP contribution in [0.15, 0.2) is 4.52 Å². The minimum Gasteiger partial charge on any atom is -0.461 e. The summed E-state index contributed by atoms with van der Waals surface area (Å²) in [7, 11) is 0. The van der Waals surface area contributed by atoms with Crippen LogP contribution >= 0.6 is 0 Å². The Bertz CT molecular complexity index is 852. The highest BCUT2D eigenvalue weighted by atomic mass is 16.5. The van der Waals surface area contributed by atoms with Gasteiger partial charge in [-0.15, -0.1) is 0 Å². The number of esters is 1. The molecule has 146 valence electrons. The van der Waals surface area contributed by atoms with E-state index in [1.54, 1.807) is 25.7 Å². The Balaban J connectivity index is 1.89. The molecule has 0 aliphatic carbocycles. The van der Waals surface area contributed by atoms with E-state index in [0.717, 1.165) is 12.8 Å². The van der Waals surface area contributed by atoms with Gasteiger partial charge in [0.25, 0.3) is 5.91 Å². The van der Waals surface area contributed by atoms with Crippen LogP contribution < -0.4 is 0 Å². The summed E-state index contributed by atoms with van der Waals surface area (Å²) in [6.45, 7) is 10.2. The Kier molecular flexibility index (Phi) is 5.34. The lowest BCUT2D eigenvalue weighted by Crippen LogP contribution is -2.31. The highest BCUT2D eigenvalue weighted by Crippen LogP contribution is 2.34. The van der Waals surface area contributed by atoms with Crippen LogP contribution in [0.2, 0.25) is 0 Å². The molecule has 1 atom stereocenters. The van der Waals surface area contributed by atoms with E-state index in [4.69, 9.17) is 9.26 Å². The molecule has 0 spiro atoms. The fourth-order valence-corrected chi connectivity index (χ4v) is 3.51. The minimum atomic E-state index is -0.450. The smallest absolute Gasteiger partial charge is 0.355 e. The largest absolute Gasteiger partial charge is 0.461 e. The minimum absolute atomic E-state index is 0.136. The molecule has 0 saturated carbocycles. The van der Waals surface area contributed by atoms with E-state index in [1.165, 1.54) is 0 Å². The number of carbonyl (C=O) groups is 2. The third-order valence-corrected chi connectivity index (χ3v) is 4.90. The van der Waals surface area contributed by atoms with Crippen molar-refractivity contribution in [2.75, 3.05) is 13.2 Å². The molecule has 8 heteroatoms. The van der Waals surface area contributed by atoms with Crippen LogP contribution in [-0.4, -0.2) is 45.1 Å². The summed E-state index contributed by atoms with van der Waals surface area (Å²) in [5.41, 5.74) is 2.09. The van der Waals surface area contributed by atoms with E-state index in [1.807, 2.05) is 13.8 Å². The molecule has 1 saturated heterocycles. The SMILES string of the molecule is CCOC(=O)c1[nH]c(C)c(C(=O)N2CCCC2c2nc(C(C)C)no2)c1C. The molecule has 0 bridgehead atoms. The first-order valence-electron chi connectivity index (χ1n) is 9.35. The van der Waals surface area contributed by atoms with Crippen molar-refractivity contribution in [1.82, 2.24) is 20.0 Å². The second-order valence-electron chi connectivity index (χ2n) is 7.15. The van der Waals surface area contributed by atoms with E-state index in [0.29, 0.717) is 40.8 Å². The number of hydrogen-bond acceptors (Lipinski definition) is 6. The van der Waals surface area contributed by atoms with E-state index < -0.39 is 5.97 Å². The zero-order valence-electron chi connectivity index (χ0n) is 16.5. The summed E-state index contributed by atoms with van der Waals surface area (Å²) in [6.07, 6.45) is 1.64. The average molecular weight is 374 g/mol. The van der Waals surface area contributed by atoms with Gasteiger partial charge in [-0.3, -0.25) is 4.79 Å². The first-order chi connectivity index (χ1) is 12.8. The molecular formula is C19H26N4O4. The number of rotatable bonds is 5. The summed E-state index contributed by atoms with van der Waals surface area (Å²) in [5, 5.41) is 4.02. The van der Waals surface area contributed by atoms with Crippen LogP contribution in [0, 0.1) is 13.8 Å². The molecule has 1 amide bonds. The molecule has 0 radical (unpaired) electrons. The number of likely N-dealkylation sites (tertiary alicyclic amines) is 1. The second kappa shape index (κ2) is 7.54. The van der Waals surface area contributed by atoms with Crippen molar-refractivity contribution in [3.8, 4) is 0 Å². The Labute approximate surface area is 158 Å². The number of ether oxygens (including phenoxy) is 1. The van der Waals surface area contributed by atoms with Crippen molar-refractivity contribution >= 4 is 11.9 Å². The average Bonchev–Trinajstić information content (AvgIpc) is 3.32. The maximum absolute atomic E-state index is 13.3. The molecule has 0 aromatic carbocycles. The number of hydrogen-bond donors (Lipinski definition) is 1. The van der Waals surface area contributed by atoms with Crippen LogP contribution in [0.4, 0.5) is 0 Å². The van der Waals surface area contributed by atoms with Gasteiger partial charge >= 0.3 is 5.97 Å². The molecule has 2 aromatic heterocycles. The second-order valence-corrected chi connectivity index (χ2v) is 7.15. The van der Waals surface area contributed by atoms with E-state index in [9.17, 15) is 9.59 Å². The molecule has 2 aromatic rings. The summed E-state index contributed by atoms with van der Waals surface area (Å²) in [6, 6.07) is -0.239. The summed E-state index contributed by atoms with van der Waals surface area (Å²) < 4.78 is 10.5. The zero-order chi connectivity index (χ0) is 19.7. The number of nitrogens with zero attached hydrogens (tertiary/aromatic N) is 3. The predicted octanol–water partition coefficient (Wildman–Crippen LogP) is 3.29. The topological polar surface area (TPSA) is 101 Å². The third kappa shape index (κ3) is 3.48. The van der Waals surface area contributed by atoms with Gasteiger partial charge < -0.3 is 19.1 Å². The number of aromatic nitrogens is 3. The van der Waals surface area contributed by atoms with Gasteiger partial charge in [0.1, 0.15) is 11.7 Å². The Morgan fingerprint density at radius 1 is 1.37 bits per heavy atom. The van der Waals surface area contributed by atoms with Gasteiger partial charge in [0.15, 0.2) is 5.82 Å². The maximum atomic E-state index is 13.3. The molecule has 3 heterocycles. The molecule has 1 fully saturated rings. The number of nitrogens with one attached hydrogen (secondary N) is 1. The van der Waals surface area contributed by atoms with E-state index in [2.05, 4.69) is 15.1 Å². The highest BCUT2D eigenvalue weighted by Gasteiger charge is 2.37. The van der Waals surface area contributed by atoms with Gasteiger partial charge in [0.05, 0.1) is 12.2 Å². The molecule has 1 aliphatic heterocycles. The standard InChI is InChI=1S/C19H26N4O4/c1-6-26-19(25)15-11(4)14(12(5)20-15)18(24)23-9-7-8-13(23)17-21-16(10(2)3)22-27-17/h10,13,20H,6-9H2,1-5H3. The summed E-state index contributed by atoms with van der Waals surface area (Å²) in [5.74, 6) is 0.690. The van der Waals surface area contributed by atoms with Crippen LogP contribution in [-0.2, 0) is 4.74 Å². The fourth-order valence-electron chi connectivity index (χ4n) is 3.51. The summed E-state index contributed by atoms with van der Waals surface area (Å²) in [4.78, 5) is 34.6. The van der Waals surface area contributed by atoms with Gasteiger partial charge in [-0.05, 0) is 39.2 Å². The van der Waals surface area contributed by atoms with Crippen molar-refractivity contribution in [2.24, 2.45) is 0 Å². The number of carbonyl (C=O) groups excluding carboxylic acids is 2. The molecule has 27 heavy (non-hydrogen) atoms. The quantitative estimate of drug-likeness (QED) is 0.806. The normalized spacial score (nSPS) is 17.0. The van der Waals surface area contributed by atoms with Gasteiger partial charge in [-0.2, -0.15) is 4.98 Å². The summed E-state index contributed by atoms with van der Waals surface area (Å²) >= 11 is 0. The van der Waals surface area contributed by atoms with Crippen molar-refractivity contribution in [3.05, 3.63) is 34.2 Å². The van der Waals surface area contributed by atoms with Crippen molar-refractivity contribution in [1.29, 1.82) is 0 Å². The number of aromatic amines is 1. The molecule has 1 aliphatic rings. The van der Waals surface area contributed by atoms with Crippen LogP contribution in [0.5, 0.6) is 0 Å². The van der Waals surface area contributed by atoms with Crippen LogP contribution in [0.1, 0.15) is 89.4 Å². The molecule has 3 rings (SSSR count). The van der Waals surface area contributed by atoms with Gasteiger partial charge in [0, 0.05) is 18.2 Å². The fraction of sp³-hybridized carbons (Fsp3) is 0.579. The molecule has 1 unspecified atom stereocenters. The Hall–Kier alpha value is -2.64. The first-order valence-corrected chi connectivity index (χ1v) is 9.35. The molecular weight excluding hydrogens is 348 g/mol. The van der Waals surface area contributed by atoms with Crippen LogP contribution in [0.3, 0.4) is 0 Å². The molecule has 1 N–H and O–H groups in total. The van der Waals surface area contributed by atoms with Crippen molar-refractivity contribution < 1.29 is 18.8 Å². The zero-order valence-corrected chi connectivity index (χ0v) is 16.5. The number of amides is 1. The lowest BCUT2D eigenvalue weighted by molar-refractivity contribution is 0.0519. The maximum Gasteiger partial charge on any atom is 0.355 e.